The monoisotopic (exact) mass is 577 g/mol. The number of nitrogens with one attached hydrogen (secondary N) is 1. The van der Waals surface area contributed by atoms with E-state index in [9.17, 15) is 26.7 Å². The molecule has 3 heterocycles. The van der Waals surface area contributed by atoms with E-state index in [1.54, 1.807) is 0 Å². The van der Waals surface area contributed by atoms with Gasteiger partial charge in [0.25, 0.3) is 18.8 Å². The molecule has 0 saturated carbocycles. The minimum atomic E-state index is -3.03. The van der Waals surface area contributed by atoms with Gasteiger partial charge in [0.1, 0.15) is 23.0 Å². The highest BCUT2D eigenvalue weighted by molar-refractivity contribution is 9.10. The topological polar surface area (TPSA) is 77.9 Å². The van der Waals surface area contributed by atoms with E-state index in [0.717, 1.165) is 0 Å². The van der Waals surface area contributed by atoms with Crippen LogP contribution >= 0.6 is 27.5 Å². The predicted octanol–water partition coefficient (Wildman–Crippen LogP) is 6.45. The third kappa shape index (κ3) is 5.56. The molecule has 14 heteroatoms. The summed E-state index contributed by atoms with van der Waals surface area (Å²) in [5, 5.41) is 10.4. The Bertz CT molecular complexity index is 1350. The van der Waals surface area contributed by atoms with E-state index < -0.39 is 36.0 Å². The number of hydrogen-bond acceptors (Lipinski definition) is 4. The Kier molecular flexibility index (Phi) is 7.26. The normalized spacial score (nSPS) is 11.6. The van der Waals surface area contributed by atoms with E-state index in [0.29, 0.717) is 15.2 Å². The van der Waals surface area contributed by atoms with Crippen LogP contribution in [0.25, 0.3) is 0 Å². The molecule has 4 aromatic rings. The Morgan fingerprint density at radius 2 is 1.89 bits per heavy atom. The van der Waals surface area contributed by atoms with Crippen molar-refractivity contribution in [2.75, 3.05) is 5.32 Å². The van der Waals surface area contributed by atoms with Crippen LogP contribution in [0.5, 0.6) is 0 Å². The number of carbonyl (C=O) groups is 1. The molecule has 1 aromatic carbocycles. The van der Waals surface area contributed by atoms with Crippen molar-refractivity contribution in [3.8, 4) is 0 Å². The zero-order valence-corrected chi connectivity index (χ0v) is 19.7. The predicted molar refractivity (Wildman–Crippen MR) is 118 cm³/mol. The van der Waals surface area contributed by atoms with Crippen LogP contribution in [0.1, 0.15) is 46.1 Å². The van der Waals surface area contributed by atoms with Crippen LogP contribution in [-0.2, 0) is 13.1 Å². The van der Waals surface area contributed by atoms with Crippen LogP contribution in [0.15, 0.2) is 51.5 Å². The van der Waals surface area contributed by atoms with Gasteiger partial charge < -0.3 is 9.73 Å². The quantitative estimate of drug-likeness (QED) is 0.244. The van der Waals surface area contributed by atoms with Gasteiger partial charge in [0.2, 0.25) is 0 Å². The Morgan fingerprint density at radius 1 is 1.11 bits per heavy atom. The highest BCUT2D eigenvalue weighted by Crippen LogP contribution is 2.27. The minimum Gasteiger partial charge on any atom is -0.454 e. The summed E-state index contributed by atoms with van der Waals surface area (Å²) in [4.78, 5) is 12.6. The van der Waals surface area contributed by atoms with Gasteiger partial charge in [0.05, 0.1) is 17.6 Å². The summed E-state index contributed by atoms with van der Waals surface area (Å²) in [6.07, 6.45) is -4.53. The number of benzene rings is 1. The first-order valence-corrected chi connectivity index (χ1v) is 11.0. The number of carbonyl (C=O) groups excluding carboxylic acids is 1. The molecule has 1 amide bonds. The summed E-state index contributed by atoms with van der Waals surface area (Å²) in [5.74, 6) is -1.26. The van der Waals surface area contributed by atoms with Crippen LogP contribution < -0.4 is 5.32 Å². The number of halogens is 7. The lowest BCUT2D eigenvalue weighted by molar-refractivity contribution is 0.0993. The van der Waals surface area contributed by atoms with Crippen molar-refractivity contribution >= 4 is 39.3 Å². The summed E-state index contributed by atoms with van der Waals surface area (Å²) >= 11 is 9.29. The molecule has 4 rings (SSSR count). The van der Waals surface area contributed by atoms with E-state index in [2.05, 4.69) is 31.4 Å². The first-order chi connectivity index (χ1) is 16.6. The number of anilines is 1. The lowest BCUT2D eigenvalue weighted by atomic mass is 10.2. The van der Waals surface area contributed by atoms with Crippen LogP contribution in [-0.4, -0.2) is 25.5 Å². The van der Waals surface area contributed by atoms with Gasteiger partial charge in [-0.15, -0.1) is 0 Å². The number of furan rings is 1. The summed E-state index contributed by atoms with van der Waals surface area (Å²) in [6.45, 7) is -0.386. The van der Waals surface area contributed by atoms with Crippen LogP contribution in [0.3, 0.4) is 0 Å². The molecule has 35 heavy (non-hydrogen) atoms. The van der Waals surface area contributed by atoms with Gasteiger partial charge in [0, 0.05) is 16.8 Å². The smallest absolute Gasteiger partial charge is 0.292 e. The molecule has 0 saturated heterocycles. The largest absolute Gasteiger partial charge is 0.454 e. The van der Waals surface area contributed by atoms with Gasteiger partial charge in [-0.25, -0.2) is 22.0 Å². The molecule has 0 atom stereocenters. The average molecular weight is 579 g/mol. The number of aromatic nitrogens is 4. The standard InChI is InChI=1S/C21H14BrClF5N5O2/c22-12-9-32(8-11-13(23)2-1-3-14(11)24)31-20(12)29-21(34)17-5-4-10(35-17)7-33-16(19(27)28)6-15(30-33)18(25)26/h1-6,9,18-19H,7-8H2,(H,29,31,34). The molecule has 184 valence electrons. The minimum absolute atomic E-state index is 0.00181. The number of alkyl halides is 4. The van der Waals surface area contributed by atoms with Gasteiger partial charge in [-0.3, -0.25) is 14.2 Å². The third-order valence-electron chi connectivity index (χ3n) is 4.80. The van der Waals surface area contributed by atoms with Crippen molar-refractivity contribution in [2.45, 2.75) is 25.9 Å². The van der Waals surface area contributed by atoms with Gasteiger partial charge in [0.15, 0.2) is 11.6 Å². The summed E-state index contributed by atoms with van der Waals surface area (Å²) < 4.78 is 73.9. The van der Waals surface area contributed by atoms with E-state index in [1.165, 1.54) is 41.2 Å². The maximum Gasteiger partial charge on any atom is 0.292 e. The lowest BCUT2D eigenvalue weighted by Crippen LogP contribution is -2.12. The molecule has 7 nitrogen and oxygen atoms in total. The fourth-order valence-electron chi connectivity index (χ4n) is 3.17. The van der Waals surface area contributed by atoms with E-state index >= 15 is 0 Å². The van der Waals surface area contributed by atoms with Gasteiger partial charge >= 0.3 is 0 Å². The fraction of sp³-hybridized carbons (Fsp3) is 0.190. The zero-order chi connectivity index (χ0) is 25.3. The highest BCUT2D eigenvalue weighted by Gasteiger charge is 2.23. The number of rotatable bonds is 8. The molecule has 0 aliphatic carbocycles. The molecule has 0 radical (unpaired) electrons. The van der Waals surface area contributed by atoms with E-state index in [-0.39, 0.29) is 41.0 Å². The first-order valence-electron chi connectivity index (χ1n) is 9.82. The molecule has 0 unspecified atom stereocenters. The Hall–Kier alpha value is -3.19. The molecule has 0 aliphatic rings. The van der Waals surface area contributed by atoms with Crippen LogP contribution in [0.2, 0.25) is 5.02 Å². The molecule has 0 spiro atoms. The second kappa shape index (κ2) is 10.2. The summed E-state index contributed by atoms with van der Waals surface area (Å²) in [6, 6.07) is 7.52. The van der Waals surface area contributed by atoms with E-state index in [1.807, 2.05) is 0 Å². The second-order valence-corrected chi connectivity index (χ2v) is 8.46. The third-order valence-corrected chi connectivity index (χ3v) is 5.73. The Morgan fingerprint density at radius 3 is 2.57 bits per heavy atom. The van der Waals surface area contributed by atoms with Crippen LogP contribution in [0.4, 0.5) is 27.8 Å². The maximum absolute atomic E-state index is 14.0. The van der Waals surface area contributed by atoms with Crippen molar-refractivity contribution in [3.63, 3.8) is 0 Å². The molecule has 0 fully saturated rings. The summed E-state index contributed by atoms with van der Waals surface area (Å²) in [5.41, 5.74) is -1.27. The van der Waals surface area contributed by atoms with Crippen molar-refractivity contribution < 1.29 is 31.2 Å². The first kappa shape index (κ1) is 24.9. The van der Waals surface area contributed by atoms with Crippen molar-refractivity contribution in [1.29, 1.82) is 0 Å². The zero-order valence-electron chi connectivity index (χ0n) is 17.4. The average Bonchev–Trinajstić information content (AvgIpc) is 3.51. The van der Waals surface area contributed by atoms with Gasteiger partial charge in [-0.2, -0.15) is 10.2 Å². The number of amides is 1. The molecule has 0 aliphatic heterocycles. The lowest BCUT2D eigenvalue weighted by Gasteiger charge is -2.06. The number of hydrogen-bond donors (Lipinski definition) is 1. The second-order valence-electron chi connectivity index (χ2n) is 7.20. The molecule has 0 bridgehead atoms. The van der Waals surface area contributed by atoms with Crippen LogP contribution in [0, 0.1) is 5.82 Å². The van der Waals surface area contributed by atoms with Crippen molar-refractivity contribution in [2.24, 2.45) is 0 Å². The van der Waals surface area contributed by atoms with Crippen molar-refractivity contribution in [3.05, 3.63) is 86.4 Å². The Balaban J connectivity index is 1.46. The number of nitrogens with zero attached hydrogens (tertiary/aromatic N) is 4. The van der Waals surface area contributed by atoms with E-state index in [4.69, 9.17) is 16.0 Å². The van der Waals surface area contributed by atoms with Gasteiger partial charge in [-0.1, -0.05) is 17.7 Å². The Labute approximate surface area is 207 Å². The van der Waals surface area contributed by atoms with Crippen molar-refractivity contribution in [1.82, 2.24) is 19.6 Å². The van der Waals surface area contributed by atoms with Gasteiger partial charge in [-0.05, 0) is 46.3 Å². The summed E-state index contributed by atoms with van der Waals surface area (Å²) in [7, 11) is 0. The SMILES string of the molecule is O=C(Nc1nn(Cc2c(F)cccc2Cl)cc1Br)c1ccc(Cn2nc(C(F)F)cc2C(F)F)o1. The molecule has 1 N–H and O–H groups in total. The highest BCUT2D eigenvalue weighted by atomic mass is 79.9. The fourth-order valence-corrected chi connectivity index (χ4v) is 3.81. The molecule has 3 aromatic heterocycles. The maximum atomic E-state index is 14.0. The molecular weight excluding hydrogens is 565 g/mol. The molecular formula is C21H14BrClF5N5O2.